The predicted molar refractivity (Wildman–Crippen MR) is 119 cm³/mol. The number of fused-ring (bicyclic) bond motifs is 3. The maximum Gasteiger partial charge on any atom is 0.0271 e. The molecule has 2 aromatic carbocycles. The molecule has 136 valence electrons. The van der Waals surface area contributed by atoms with Gasteiger partial charge in [0, 0.05) is 8.99 Å². The van der Waals surface area contributed by atoms with Gasteiger partial charge in [0.1, 0.15) is 0 Å². The predicted octanol–water partition coefficient (Wildman–Crippen LogP) is 7.72. The van der Waals surface area contributed by atoms with Crippen LogP contribution in [0.2, 0.25) is 0 Å². The van der Waals surface area contributed by atoms with E-state index in [2.05, 4.69) is 65.1 Å². The molecule has 2 aromatic rings. The van der Waals surface area contributed by atoms with Gasteiger partial charge in [0.2, 0.25) is 0 Å². The first-order valence-electron chi connectivity index (χ1n) is 10.7. The zero-order valence-electron chi connectivity index (χ0n) is 15.6. The van der Waals surface area contributed by atoms with E-state index in [-0.39, 0.29) is 5.41 Å². The molecule has 5 rings (SSSR count). The second-order valence-corrected chi connectivity index (χ2v) is 10.0. The summed E-state index contributed by atoms with van der Waals surface area (Å²) in [5, 5.41) is 0. The Morgan fingerprint density at radius 3 is 1.88 bits per heavy atom. The standard InChI is InChI=1S/C25H29I/c26-20-15-16-22-21-13-7-8-14-23(21)25(24(22)17-20,18-9-3-1-4-10-18)19-11-5-2-6-12-19/h7-8,13-19H,1-6,9-12H2. The lowest BCUT2D eigenvalue weighted by Gasteiger charge is -2.49. The van der Waals surface area contributed by atoms with E-state index in [4.69, 9.17) is 0 Å². The number of hydrogen-bond donors (Lipinski definition) is 0. The first-order chi connectivity index (χ1) is 12.8. The van der Waals surface area contributed by atoms with E-state index in [1.165, 1.54) is 78.9 Å². The van der Waals surface area contributed by atoms with Crippen molar-refractivity contribution in [1.29, 1.82) is 0 Å². The fourth-order valence-electron chi connectivity index (χ4n) is 6.65. The van der Waals surface area contributed by atoms with E-state index in [9.17, 15) is 0 Å². The largest absolute Gasteiger partial charge is 0.0619 e. The molecule has 0 saturated heterocycles. The van der Waals surface area contributed by atoms with Crippen molar-refractivity contribution >= 4 is 22.6 Å². The average molecular weight is 456 g/mol. The summed E-state index contributed by atoms with van der Waals surface area (Å²) in [6.07, 6.45) is 14.3. The van der Waals surface area contributed by atoms with Gasteiger partial charge in [0.05, 0.1) is 0 Å². The number of halogens is 1. The first-order valence-corrected chi connectivity index (χ1v) is 11.8. The van der Waals surface area contributed by atoms with Crippen LogP contribution >= 0.6 is 22.6 Å². The highest BCUT2D eigenvalue weighted by Crippen LogP contribution is 2.61. The van der Waals surface area contributed by atoms with Crippen LogP contribution in [0.4, 0.5) is 0 Å². The molecule has 2 fully saturated rings. The number of hydrogen-bond acceptors (Lipinski definition) is 0. The van der Waals surface area contributed by atoms with Gasteiger partial charge < -0.3 is 0 Å². The molecular formula is C25H29I. The van der Waals surface area contributed by atoms with Gasteiger partial charge >= 0.3 is 0 Å². The molecule has 26 heavy (non-hydrogen) atoms. The molecule has 0 spiro atoms. The molecule has 3 aliphatic carbocycles. The Labute approximate surface area is 171 Å². The van der Waals surface area contributed by atoms with E-state index in [0.29, 0.717) is 0 Å². The van der Waals surface area contributed by atoms with Gasteiger partial charge in [-0.15, -0.1) is 0 Å². The van der Waals surface area contributed by atoms with E-state index in [0.717, 1.165) is 11.8 Å². The maximum atomic E-state index is 2.55. The molecular weight excluding hydrogens is 427 g/mol. The van der Waals surface area contributed by atoms with Crippen LogP contribution in [0, 0.1) is 15.4 Å². The van der Waals surface area contributed by atoms with Crippen molar-refractivity contribution in [3.05, 3.63) is 57.2 Å². The van der Waals surface area contributed by atoms with Crippen LogP contribution in [0.15, 0.2) is 42.5 Å². The minimum absolute atomic E-state index is 0.286. The molecule has 0 radical (unpaired) electrons. The molecule has 0 amide bonds. The summed E-state index contributed by atoms with van der Waals surface area (Å²) in [6, 6.07) is 16.7. The SMILES string of the molecule is Ic1ccc2c(c1)C(C1CCCCC1)(C1CCCCC1)c1ccccc1-2. The monoisotopic (exact) mass is 456 g/mol. The zero-order valence-corrected chi connectivity index (χ0v) is 17.8. The lowest BCUT2D eigenvalue weighted by atomic mass is 9.55. The Morgan fingerprint density at radius 1 is 0.654 bits per heavy atom. The third kappa shape index (κ3) is 2.52. The van der Waals surface area contributed by atoms with E-state index in [1.54, 1.807) is 11.1 Å². The van der Waals surface area contributed by atoms with Crippen molar-refractivity contribution in [2.24, 2.45) is 11.8 Å². The van der Waals surface area contributed by atoms with Crippen LogP contribution < -0.4 is 0 Å². The van der Waals surface area contributed by atoms with Crippen molar-refractivity contribution in [3.8, 4) is 11.1 Å². The summed E-state index contributed by atoms with van der Waals surface area (Å²) in [5.41, 5.74) is 6.72. The first kappa shape index (κ1) is 17.3. The van der Waals surface area contributed by atoms with Crippen molar-refractivity contribution < 1.29 is 0 Å². The van der Waals surface area contributed by atoms with E-state index in [1.807, 2.05) is 0 Å². The summed E-state index contributed by atoms with van der Waals surface area (Å²) in [5.74, 6) is 1.67. The molecule has 0 atom stereocenters. The van der Waals surface area contributed by atoms with Crippen molar-refractivity contribution in [1.82, 2.24) is 0 Å². The normalized spacial score (nSPS) is 22.8. The average Bonchev–Trinajstić information content (AvgIpc) is 3.00. The molecule has 0 unspecified atom stereocenters. The molecule has 0 heterocycles. The van der Waals surface area contributed by atoms with Gasteiger partial charge in [-0.2, -0.15) is 0 Å². The second kappa shape index (κ2) is 6.96. The lowest BCUT2D eigenvalue weighted by molar-refractivity contribution is 0.137. The topological polar surface area (TPSA) is 0 Å². The zero-order chi connectivity index (χ0) is 17.6. The molecule has 0 N–H and O–H groups in total. The quantitative estimate of drug-likeness (QED) is 0.406. The third-order valence-electron chi connectivity index (χ3n) is 7.59. The number of benzene rings is 2. The summed E-state index contributed by atoms with van der Waals surface area (Å²) in [7, 11) is 0. The van der Waals surface area contributed by atoms with Gasteiger partial charge in [-0.1, -0.05) is 68.9 Å². The van der Waals surface area contributed by atoms with Crippen LogP contribution in [0.1, 0.15) is 75.3 Å². The second-order valence-electron chi connectivity index (χ2n) is 8.77. The Kier molecular flexibility index (Phi) is 4.63. The highest BCUT2D eigenvalue weighted by atomic mass is 127. The molecule has 2 saturated carbocycles. The van der Waals surface area contributed by atoms with Crippen LogP contribution in [-0.4, -0.2) is 0 Å². The Hall–Kier alpha value is -0.830. The Balaban J connectivity index is 1.78. The van der Waals surface area contributed by atoms with Gasteiger partial charge in [0.15, 0.2) is 0 Å². The van der Waals surface area contributed by atoms with E-state index < -0.39 is 0 Å². The summed E-state index contributed by atoms with van der Waals surface area (Å²) < 4.78 is 1.41. The number of rotatable bonds is 2. The highest BCUT2D eigenvalue weighted by Gasteiger charge is 2.53. The Morgan fingerprint density at radius 2 is 1.23 bits per heavy atom. The molecule has 0 bridgehead atoms. The van der Waals surface area contributed by atoms with Gasteiger partial charge in [0.25, 0.3) is 0 Å². The van der Waals surface area contributed by atoms with Gasteiger partial charge in [-0.25, -0.2) is 0 Å². The molecule has 3 aliphatic rings. The van der Waals surface area contributed by atoms with Gasteiger partial charge in [-0.3, -0.25) is 0 Å². The fraction of sp³-hybridized carbons (Fsp3) is 0.520. The molecule has 0 nitrogen and oxygen atoms in total. The molecule has 0 aromatic heterocycles. The highest BCUT2D eigenvalue weighted by molar-refractivity contribution is 14.1. The van der Waals surface area contributed by atoms with Crippen molar-refractivity contribution in [3.63, 3.8) is 0 Å². The third-order valence-corrected chi connectivity index (χ3v) is 8.26. The fourth-order valence-corrected chi connectivity index (χ4v) is 7.14. The Bertz CT molecular complexity index is 776. The van der Waals surface area contributed by atoms with Crippen LogP contribution in [0.5, 0.6) is 0 Å². The lowest BCUT2D eigenvalue weighted by Crippen LogP contribution is -2.44. The van der Waals surface area contributed by atoms with E-state index >= 15 is 0 Å². The summed E-state index contributed by atoms with van der Waals surface area (Å²) >= 11 is 2.53. The minimum Gasteiger partial charge on any atom is -0.0619 e. The van der Waals surface area contributed by atoms with Crippen LogP contribution in [0.25, 0.3) is 11.1 Å². The molecule has 0 aliphatic heterocycles. The van der Waals surface area contributed by atoms with Crippen LogP contribution in [0.3, 0.4) is 0 Å². The molecule has 1 heteroatoms. The van der Waals surface area contributed by atoms with Crippen molar-refractivity contribution in [2.75, 3.05) is 0 Å². The maximum absolute atomic E-state index is 2.55. The minimum atomic E-state index is 0.286. The smallest absolute Gasteiger partial charge is 0.0271 e. The summed E-state index contributed by atoms with van der Waals surface area (Å²) in [6.45, 7) is 0. The van der Waals surface area contributed by atoms with Crippen molar-refractivity contribution in [2.45, 2.75) is 69.6 Å². The van der Waals surface area contributed by atoms with Crippen LogP contribution in [-0.2, 0) is 5.41 Å². The summed E-state index contributed by atoms with van der Waals surface area (Å²) in [4.78, 5) is 0. The van der Waals surface area contributed by atoms with Gasteiger partial charge in [-0.05, 0) is 94.5 Å².